The number of aliphatic imine (C=N–C) groups is 1. The molecule has 3 rings (SSSR count). The van der Waals surface area contributed by atoms with Crippen molar-refractivity contribution in [2.24, 2.45) is 10.7 Å². The van der Waals surface area contributed by atoms with Crippen molar-refractivity contribution in [3.05, 3.63) is 53.6 Å². The summed E-state index contributed by atoms with van der Waals surface area (Å²) in [5.41, 5.74) is 8.12. The molecule has 158 valence electrons. The predicted octanol–water partition coefficient (Wildman–Crippen LogP) is 3.90. The first kappa shape index (κ1) is 23.6. The molecule has 0 amide bonds. The van der Waals surface area contributed by atoms with Gasteiger partial charge in [-0.15, -0.1) is 24.0 Å². The van der Waals surface area contributed by atoms with Gasteiger partial charge in [0.15, 0.2) is 5.96 Å². The van der Waals surface area contributed by atoms with E-state index in [1.165, 1.54) is 5.69 Å². The Morgan fingerprint density at radius 1 is 1.17 bits per heavy atom. The minimum atomic E-state index is 0. The van der Waals surface area contributed by atoms with Crippen molar-refractivity contribution in [1.29, 1.82) is 0 Å². The molecule has 3 N–H and O–H groups in total. The van der Waals surface area contributed by atoms with Crippen LogP contribution >= 0.6 is 35.6 Å². The molecule has 1 atom stereocenters. The van der Waals surface area contributed by atoms with Gasteiger partial charge in [-0.1, -0.05) is 29.8 Å². The largest absolute Gasteiger partial charge is 0.495 e. The van der Waals surface area contributed by atoms with Crippen LogP contribution in [0.25, 0.3) is 0 Å². The van der Waals surface area contributed by atoms with Gasteiger partial charge in [0.2, 0.25) is 0 Å². The molecule has 8 heteroatoms. The minimum Gasteiger partial charge on any atom is -0.495 e. The maximum atomic E-state index is 6.14. The lowest BCUT2D eigenvalue weighted by Gasteiger charge is -2.38. The van der Waals surface area contributed by atoms with E-state index in [2.05, 4.69) is 57.4 Å². The zero-order valence-corrected chi connectivity index (χ0v) is 19.9. The first-order valence-electron chi connectivity index (χ1n) is 9.51. The second kappa shape index (κ2) is 11.5. The number of anilines is 2. The van der Waals surface area contributed by atoms with E-state index in [9.17, 15) is 0 Å². The quantitative estimate of drug-likeness (QED) is 0.338. The fourth-order valence-corrected chi connectivity index (χ4v) is 3.59. The maximum absolute atomic E-state index is 6.14. The number of piperazine rings is 1. The van der Waals surface area contributed by atoms with Gasteiger partial charge in [0.05, 0.1) is 18.7 Å². The van der Waals surface area contributed by atoms with Crippen molar-refractivity contribution in [2.45, 2.75) is 13.0 Å². The Morgan fingerprint density at radius 3 is 2.48 bits per heavy atom. The summed E-state index contributed by atoms with van der Waals surface area (Å²) in [7, 11) is 1.59. The van der Waals surface area contributed by atoms with Gasteiger partial charge in [0.1, 0.15) is 5.75 Å². The number of nitrogens with one attached hydrogen (secondary N) is 1. The highest BCUT2D eigenvalue weighted by Crippen LogP contribution is 2.27. The molecule has 0 spiro atoms. The number of halogens is 2. The number of nitrogens with two attached hydrogens (primary N) is 1. The third kappa shape index (κ3) is 6.65. The average molecular weight is 530 g/mol. The van der Waals surface area contributed by atoms with Crippen molar-refractivity contribution in [3.63, 3.8) is 0 Å². The zero-order chi connectivity index (χ0) is 19.9. The van der Waals surface area contributed by atoms with Crippen LogP contribution < -0.4 is 20.7 Å². The van der Waals surface area contributed by atoms with Crippen LogP contribution in [0.2, 0.25) is 5.02 Å². The molecule has 0 aromatic heterocycles. The molecular formula is C21H29ClIN5O. The number of hydrogen-bond acceptors (Lipinski definition) is 4. The number of ether oxygens (including phenoxy) is 1. The topological polar surface area (TPSA) is 66.1 Å². The first-order chi connectivity index (χ1) is 13.6. The van der Waals surface area contributed by atoms with Gasteiger partial charge >= 0.3 is 0 Å². The zero-order valence-electron chi connectivity index (χ0n) is 16.8. The SMILES string of the molecule is COc1ccc(NC(N)=NCC(C)N2CCN(c3ccccc3)CC2)cc1Cl.I. The summed E-state index contributed by atoms with van der Waals surface area (Å²) < 4.78 is 5.16. The molecule has 1 saturated heterocycles. The van der Waals surface area contributed by atoms with Gasteiger partial charge in [0.25, 0.3) is 0 Å². The number of nitrogens with zero attached hydrogens (tertiary/aromatic N) is 3. The highest BCUT2D eigenvalue weighted by atomic mass is 127. The van der Waals surface area contributed by atoms with E-state index >= 15 is 0 Å². The normalized spacial score (nSPS) is 16.1. The van der Waals surface area contributed by atoms with Crippen LogP contribution in [-0.4, -0.2) is 56.7 Å². The summed E-state index contributed by atoms with van der Waals surface area (Å²) in [5.74, 6) is 1.02. The third-order valence-electron chi connectivity index (χ3n) is 5.01. The molecule has 6 nitrogen and oxygen atoms in total. The molecule has 0 saturated carbocycles. The highest BCUT2D eigenvalue weighted by Gasteiger charge is 2.21. The van der Waals surface area contributed by atoms with Crippen molar-refractivity contribution >= 4 is 52.9 Å². The molecule has 1 heterocycles. The summed E-state index contributed by atoms with van der Waals surface area (Å²) in [5, 5.41) is 3.61. The lowest BCUT2D eigenvalue weighted by molar-refractivity contribution is 0.201. The standard InChI is InChI=1S/C21H28ClN5O.HI/c1-16(26-10-12-27(13-11-26)18-6-4-3-5-7-18)15-24-21(23)25-17-8-9-20(28-2)19(22)14-17;/h3-9,14,16H,10-13,15H2,1-2H3,(H3,23,24,25);1H. The number of methoxy groups -OCH3 is 1. The monoisotopic (exact) mass is 529 g/mol. The van der Waals surface area contributed by atoms with Crippen LogP contribution in [-0.2, 0) is 0 Å². The van der Waals surface area contributed by atoms with Gasteiger partial charge in [-0.2, -0.15) is 0 Å². The van der Waals surface area contributed by atoms with E-state index < -0.39 is 0 Å². The summed E-state index contributed by atoms with van der Waals surface area (Å²) >= 11 is 6.14. The molecule has 0 bridgehead atoms. The van der Waals surface area contributed by atoms with Crippen LogP contribution in [0.1, 0.15) is 6.92 Å². The Morgan fingerprint density at radius 2 is 1.86 bits per heavy atom. The van der Waals surface area contributed by atoms with E-state index in [1.807, 2.05) is 6.07 Å². The predicted molar refractivity (Wildman–Crippen MR) is 133 cm³/mol. The van der Waals surface area contributed by atoms with Gasteiger partial charge < -0.3 is 20.7 Å². The molecule has 1 unspecified atom stereocenters. The fraction of sp³-hybridized carbons (Fsp3) is 0.381. The summed E-state index contributed by atoms with van der Waals surface area (Å²) in [6.45, 7) is 6.93. The van der Waals surface area contributed by atoms with Crippen molar-refractivity contribution < 1.29 is 4.74 Å². The summed E-state index contributed by atoms with van der Waals surface area (Å²) in [4.78, 5) is 9.38. The summed E-state index contributed by atoms with van der Waals surface area (Å²) in [6.07, 6.45) is 0. The van der Waals surface area contributed by atoms with Gasteiger partial charge in [-0.3, -0.25) is 9.89 Å². The number of rotatable bonds is 6. The van der Waals surface area contributed by atoms with Gasteiger partial charge in [-0.05, 0) is 37.3 Å². The second-order valence-corrected chi connectivity index (χ2v) is 7.32. The van der Waals surface area contributed by atoms with E-state index in [4.69, 9.17) is 22.1 Å². The van der Waals surface area contributed by atoms with Gasteiger partial charge in [0, 0.05) is 43.6 Å². The van der Waals surface area contributed by atoms with E-state index in [1.54, 1.807) is 19.2 Å². The smallest absolute Gasteiger partial charge is 0.193 e. The van der Waals surface area contributed by atoms with Gasteiger partial charge in [-0.25, -0.2) is 0 Å². The molecule has 0 radical (unpaired) electrons. The average Bonchev–Trinajstić information content (AvgIpc) is 2.73. The maximum Gasteiger partial charge on any atom is 0.193 e. The molecule has 1 aliphatic heterocycles. The Hall–Kier alpha value is -1.71. The molecule has 2 aromatic carbocycles. The van der Waals surface area contributed by atoms with Crippen LogP contribution in [0.5, 0.6) is 5.75 Å². The number of para-hydroxylation sites is 1. The number of hydrogen-bond donors (Lipinski definition) is 2. The Balaban J connectivity index is 0.00000300. The van der Waals surface area contributed by atoms with E-state index in [-0.39, 0.29) is 24.0 Å². The third-order valence-corrected chi connectivity index (χ3v) is 5.30. The van der Waals surface area contributed by atoms with E-state index in [0.29, 0.717) is 29.3 Å². The Bertz CT molecular complexity index is 797. The Labute approximate surface area is 195 Å². The summed E-state index contributed by atoms with van der Waals surface area (Å²) in [6, 6.07) is 16.3. The van der Waals surface area contributed by atoms with E-state index in [0.717, 1.165) is 31.9 Å². The molecule has 29 heavy (non-hydrogen) atoms. The fourth-order valence-electron chi connectivity index (χ4n) is 3.34. The van der Waals surface area contributed by atoms with Crippen LogP contribution in [0.15, 0.2) is 53.5 Å². The molecule has 1 aliphatic rings. The molecular weight excluding hydrogens is 501 g/mol. The lowest BCUT2D eigenvalue weighted by atomic mass is 10.2. The van der Waals surface area contributed by atoms with Crippen LogP contribution in [0.3, 0.4) is 0 Å². The second-order valence-electron chi connectivity index (χ2n) is 6.91. The number of guanidine groups is 1. The molecule has 0 aliphatic carbocycles. The highest BCUT2D eigenvalue weighted by molar-refractivity contribution is 14.0. The molecule has 2 aromatic rings. The first-order valence-corrected chi connectivity index (χ1v) is 9.89. The minimum absolute atomic E-state index is 0. The lowest BCUT2D eigenvalue weighted by Crippen LogP contribution is -2.50. The van der Waals surface area contributed by atoms with Crippen molar-refractivity contribution in [2.75, 3.05) is 50.1 Å². The van der Waals surface area contributed by atoms with Crippen molar-refractivity contribution in [1.82, 2.24) is 4.90 Å². The number of benzene rings is 2. The molecule has 1 fully saturated rings. The Kier molecular flexibility index (Phi) is 9.32. The van der Waals surface area contributed by atoms with Crippen molar-refractivity contribution in [3.8, 4) is 5.75 Å². The van der Waals surface area contributed by atoms with Crippen LogP contribution in [0, 0.1) is 0 Å². The van der Waals surface area contributed by atoms with Crippen LogP contribution in [0.4, 0.5) is 11.4 Å².